The molecule has 8 heteroatoms. The molecule has 2 aromatic rings. The molecule has 2 aliphatic rings. The SMILES string of the molecule is O=c1cccnn1CC1CN(S(=O)(=O)c2ccc3c(c2)CCO3)C1. The Bertz CT molecular complexity index is 932. The molecule has 0 N–H and O–H groups in total. The molecule has 0 atom stereocenters. The van der Waals surface area contributed by atoms with Gasteiger partial charge >= 0.3 is 0 Å². The van der Waals surface area contributed by atoms with Crippen molar-refractivity contribution < 1.29 is 13.2 Å². The quantitative estimate of drug-likeness (QED) is 0.804. The Balaban J connectivity index is 1.46. The molecule has 3 heterocycles. The fourth-order valence-corrected chi connectivity index (χ4v) is 4.72. The highest BCUT2D eigenvalue weighted by molar-refractivity contribution is 7.89. The summed E-state index contributed by atoms with van der Waals surface area (Å²) < 4.78 is 33.6. The van der Waals surface area contributed by atoms with E-state index in [0.29, 0.717) is 31.1 Å². The van der Waals surface area contributed by atoms with E-state index in [1.807, 2.05) is 0 Å². The molecule has 4 rings (SSSR count). The molecular formula is C16H17N3O4S. The molecule has 0 aliphatic carbocycles. The second-order valence-corrected chi connectivity index (χ2v) is 8.04. The number of fused-ring (bicyclic) bond motifs is 1. The minimum atomic E-state index is -3.49. The molecule has 2 aliphatic heterocycles. The zero-order valence-electron chi connectivity index (χ0n) is 13.0. The van der Waals surface area contributed by atoms with E-state index in [-0.39, 0.29) is 11.5 Å². The second kappa shape index (κ2) is 5.71. The summed E-state index contributed by atoms with van der Waals surface area (Å²) in [7, 11) is -3.49. The first kappa shape index (κ1) is 15.3. The summed E-state index contributed by atoms with van der Waals surface area (Å²) in [6.07, 6.45) is 2.30. The molecule has 24 heavy (non-hydrogen) atoms. The van der Waals surface area contributed by atoms with E-state index in [9.17, 15) is 13.2 Å². The van der Waals surface area contributed by atoms with Gasteiger partial charge in [-0.15, -0.1) is 0 Å². The van der Waals surface area contributed by atoms with Crippen molar-refractivity contribution in [2.75, 3.05) is 19.7 Å². The summed E-state index contributed by atoms with van der Waals surface area (Å²) in [5, 5.41) is 4.01. The van der Waals surface area contributed by atoms with Crippen molar-refractivity contribution in [2.45, 2.75) is 17.9 Å². The van der Waals surface area contributed by atoms with Gasteiger partial charge in [-0.1, -0.05) is 0 Å². The minimum absolute atomic E-state index is 0.102. The van der Waals surface area contributed by atoms with Gasteiger partial charge in [-0.2, -0.15) is 9.40 Å². The van der Waals surface area contributed by atoms with Gasteiger partial charge in [0.1, 0.15) is 5.75 Å². The van der Waals surface area contributed by atoms with E-state index >= 15 is 0 Å². The van der Waals surface area contributed by atoms with Gasteiger partial charge in [0.15, 0.2) is 0 Å². The van der Waals surface area contributed by atoms with Crippen LogP contribution in [-0.4, -0.2) is 42.2 Å². The van der Waals surface area contributed by atoms with E-state index in [4.69, 9.17) is 4.74 Å². The Kier molecular flexibility index (Phi) is 3.65. The monoisotopic (exact) mass is 347 g/mol. The van der Waals surface area contributed by atoms with Crippen molar-refractivity contribution in [3.05, 3.63) is 52.4 Å². The Morgan fingerprint density at radius 1 is 1.25 bits per heavy atom. The van der Waals surface area contributed by atoms with E-state index in [2.05, 4.69) is 5.10 Å². The first-order valence-electron chi connectivity index (χ1n) is 7.82. The number of nitrogens with zero attached hydrogens (tertiary/aromatic N) is 3. The van der Waals surface area contributed by atoms with Gasteiger partial charge in [0.05, 0.1) is 18.0 Å². The van der Waals surface area contributed by atoms with E-state index in [1.165, 1.54) is 15.1 Å². The van der Waals surface area contributed by atoms with Crippen LogP contribution in [0.2, 0.25) is 0 Å². The fourth-order valence-electron chi connectivity index (χ4n) is 3.08. The van der Waals surface area contributed by atoms with Gasteiger partial charge in [0, 0.05) is 37.7 Å². The first-order chi connectivity index (χ1) is 11.5. The highest BCUT2D eigenvalue weighted by Gasteiger charge is 2.37. The number of rotatable bonds is 4. The molecule has 0 bridgehead atoms. The summed E-state index contributed by atoms with van der Waals surface area (Å²) in [6.45, 7) is 1.84. The number of ether oxygens (including phenoxy) is 1. The number of benzene rings is 1. The molecule has 0 unspecified atom stereocenters. The minimum Gasteiger partial charge on any atom is -0.493 e. The van der Waals surface area contributed by atoms with Crippen LogP contribution in [0.1, 0.15) is 5.56 Å². The van der Waals surface area contributed by atoms with Crippen LogP contribution in [0.5, 0.6) is 5.75 Å². The molecule has 0 spiro atoms. The molecule has 1 saturated heterocycles. The summed E-state index contributed by atoms with van der Waals surface area (Å²) in [4.78, 5) is 12.0. The van der Waals surface area contributed by atoms with Crippen LogP contribution >= 0.6 is 0 Å². The lowest BCUT2D eigenvalue weighted by molar-refractivity contribution is 0.172. The predicted molar refractivity (Wildman–Crippen MR) is 86.4 cm³/mol. The number of aromatic nitrogens is 2. The molecule has 0 amide bonds. The van der Waals surface area contributed by atoms with Gasteiger partial charge in [0.2, 0.25) is 10.0 Å². The van der Waals surface area contributed by atoms with Gasteiger partial charge in [-0.25, -0.2) is 13.1 Å². The highest BCUT2D eigenvalue weighted by Crippen LogP contribution is 2.31. The van der Waals surface area contributed by atoms with Gasteiger partial charge in [0.25, 0.3) is 5.56 Å². The van der Waals surface area contributed by atoms with Crippen LogP contribution in [0, 0.1) is 5.92 Å². The molecule has 1 aromatic carbocycles. The molecule has 1 fully saturated rings. The number of hydrogen-bond donors (Lipinski definition) is 0. The topological polar surface area (TPSA) is 81.5 Å². The Labute approximate surface area is 139 Å². The predicted octanol–water partition coefficient (Wildman–Crippen LogP) is 0.499. The van der Waals surface area contributed by atoms with Crippen LogP contribution in [0.25, 0.3) is 0 Å². The molecular weight excluding hydrogens is 330 g/mol. The standard InChI is InChI=1S/C16H17N3O4S/c20-16-2-1-6-17-19(16)11-12-9-18(10-12)24(21,22)14-3-4-15-13(8-14)5-7-23-15/h1-4,6,8,12H,5,7,9-11H2. The normalized spacial score (nSPS) is 18.0. The number of hydrogen-bond acceptors (Lipinski definition) is 5. The average molecular weight is 347 g/mol. The maximum Gasteiger partial charge on any atom is 0.266 e. The van der Waals surface area contributed by atoms with Gasteiger partial charge in [-0.3, -0.25) is 4.79 Å². The Morgan fingerprint density at radius 2 is 2.08 bits per heavy atom. The Hall–Kier alpha value is -2.19. The summed E-state index contributed by atoms with van der Waals surface area (Å²) in [5.41, 5.74) is 0.769. The van der Waals surface area contributed by atoms with Crippen LogP contribution in [0.3, 0.4) is 0 Å². The van der Waals surface area contributed by atoms with Crippen molar-refractivity contribution in [2.24, 2.45) is 5.92 Å². The van der Waals surface area contributed by atoms with E-state index in [0.717, 1.165) is 17.7 Å². The lowest BCUT2D eigenvalue weighted by Crippen LogP contribution is -2.52. The maximum atomic E-state index is 12.7. The smallest absolute Gasteiger partial charge is 0.266 e. The van der Waals surface area contributed by atoms with Crippen molar-refractivity contribution in [1.29, 1.82) is 0 Å². The summed E-state index contributed by atoms with van der Waals surface area (Å²) >= 11 is 0. The van der Waals surface area contributed by atoms with Gasteiger partial charge in [-0.05, 0) is 29.8 Å². The highest BCUT2D eigenvalue weighted by atomic mass is 32.2. The molecule has 7 nitrogen and oxygen atoms in total. The first-order valence-corrected chi connectivity index (χ1v) is 9.26. The Morgan fingerprint density at radius 3 is 2.88 bits per heavy atom. The fraction of sp³-hybridized carbons (Fsp3) is 0.375. The third kappa shape index (κ3) is 2.61. The largest absolute Gasteiger partial charge is 0.493 e. The third-order valence-corrected chi connectivity index (χ3v) is 6.27. The van der Waals surface area contributed by atoms with Crippen LogP contribution in [-0.2, 0) is 23.0 Å². The van der Waals surface area contributed by atoms with Crippen molar-refractivity contribution in [3.8, 4) is 5.75 Å². The third-order valence-electron chi connectivity index (χ3n) is 4.44. The zero-order chi connectivity index (χ0) is 16.7. The maximum absolute atomic E-state index is 12.7. The average Bonchev–Trinajstić information content (AvgIpc) is 2.99. The molecule has 1 aromatic heterocycles. The molecule has 0 radical (unpaired) electrons. The molecule has 126 valence electrons. The van der Waals surface area contributed by atoms with Crippen molar-refractivity contribution in [3.63, 3.8) is 0 Å². The zero-order valence-corrected chi connectivity index (χ0v) is 13.8. The summed E-state index contributed by atoms with van der Waals surface area (Å²) in [5.74, 6) is 0.870. The molecule has 0 saturated carbocycles. The number of sulfonamides is 1. The lowest BCUT2D eigenvalue weighted by atomic mass is 10.0. The summed E-state index contributed by atoms with van der Waals surface area (Å²) in [6, 6.07) is 8.06. The lowest BCUT2D eigenvalue weighted by Gasteiger charge is -2.38. The van der Waals surface area contributed by atoms with E-state index < -0.39 is 10.0 Å². The van der Waals surface area contributed by atoms with Gasteiger partial charge < -0.3 is 4.74 Å². The van der Waals surface area contributed by atoms with Crippen molar-refractivity contribution >= 4 is 10.0 Å². The van der Waals surface area contributed by atoms with Crippen LogP contribution in [0.4, 0.5) is 0 Å². The van der Waals surface area contributed by atoms with Crippen molar-refractivity contribution in [1.82, 2.24) is 14.1 Å². The second-order valence-electron chi connectivity index (χ2n) is 6.10. The van der Waals surface area contributed by atoms with Crippen LogP contribution in [0.15, 0.2) is 46.2 Å². The van der Waals surface area contributed by atoms with E-state index in [1.54, 1.807) is 30.5 Å². The van der Waals surface area contributed by atoms with Crippen LogP contribution < -0.4 is 10.3 Å².